The zero-order valence-electron chi connectivity index (χ0n) is 23.2. The number of nitrogens with zero attached hydrogens (tertiary/aromatic N) is 1. The fourth-order valence-corrected chi connectivity index (χ4v) is 7.70. The molecule has 2 nitrogen and oxygen atoms in total. The summed E-state index contributed by atoms with van der Waals surface area (Å²) in [5, 5.41) is 7.41. The Bertz CT molecular complexity index is 2440. The molecule has 202 valence electrons. The van der Waals surface area contributed by atoms with E-state index in [1.54, 1.807) is 0 Å². The Morgan fingerprint density at radius 1 is 0.465 bits per heavy atom. The lowest BCUT2D eigenvalue weighted by Gasteiger charge is -2.26. The number of hydrogen-bond donors (Lipinski definition) is 0. The van der Waals surface area contributed by atoms with E-state index in [-0.39, 0.29) is 0 Å². The molecule has 3 heteroatoms. The van der Waals surface area contributed by atoms with Gasteiger partial charge in [0.25, 0.3) is 0 Å². The fourth-order valence-electron chi connectivity index (χ4n) is 6.43. The molecular weight excluding hydrogens is 543 g/mol. The van der Waals surface area contributed by atoms with E-state index in [4.69, 9.17) is 4.42 Å². The third-order valence-electron chi connectivity index (χ3n) is 8.43. The maximum atomic E-state index is 6.55. The summed E-state index contributed by atoms with van der Waals surface area (Å²) in [6, 6.07) is 54.1. The topological polar surface area (TPSA) is 16.4 Å². The number of rotatable bonds is 4. The Labute approximate surface area is 252 Å². The van der Waals surface area contributed by atoms with Gasteiger partial charge in [-0.05, 0) is 82.6 Å². The highest BCUT2D eigenvalue weighted by Gasteiger charge is 2.22. The van der Waals surface area contributed by atoms with Crippen molar-refractivity contribution >= 4 is 81.3 Å². The Kier molecular flexibility index (Phi) is 5.40. The van der Waals surface area contributed by atoms with Crippen molar-refractivity contribution in [1.29, 1.82) is 0 Å². The molecule has 9 rings (SSSR count). The number of fused-ring (bicyclic) bond motifs is 8. The lowest BCUT2D eigenvalue weighted by molar-refractivity contribution is 0.669. The molecule has 0 fully saturated rings. The molecule has 9 aromatic rings. The number of anilines is 3. The third-order valence-corrected chi connectivity index (χ3v) is 9.62. The van der Waals surface area contributed by atoms with Crippen LogP contribution in [0.1, 0.15) is 0 Å². The van der Waals surface area contributed by atoms with E-state index >= 15 is 0 Å². The smallest absolute Gasteiger partial charge is 0.137 e. The van der Waals surface area contributed by atoms with Crippen LogP contribution in [0.4, 0.5) is 17.1 Å². The summed E-state index contributed by atoms with van der Waals surface area (Å²) in [6.07, 6.45) is 0. The Morgan fingerprint density at radius 2 is 1.12 bits per heavy atom. The van der Waals surface area contributed by atoms with Crippen molar-refractivity contribution < 1.29 is 4.42 Å². The minimum Gasteiger partial charge on any atom is -0.456 e. The quantitative estimate of drug-likeness (QED) is 0.210. The van der Waals surface area contributed by atoms with Gasteiger partial charge in [0.05, 0.1) is 11.1 Å². The minimum absolute atomic E-state index is 0.893. The monoisotopic (exact) mass is 567 g/mol. The molecular formula is C40H25NOS. The van der Waals surface area contributed by atoms with Crippen LogP contribution in [-0.2, 0) is 0 Å². The Balaban J connectivity index is 1.32. The summed E-state index contributed by atoms with van der Waals surface area (Å²) in [4.78, 5) is 2.35. The van der Waals surface area contributed by atoms with Crippen molar-refractivity contribution in [3.63, 3.8) is 0 Å². The Hall–Kier alpha value is -5.38. The van der Waals surface area contributed by atoms with Crippen LogP contribution in [0.5, 0.6) is 0 Å². The van der Waals surface area contributed by atoms with Gasteiger partial charge in [0, 0.05) is 36.9 Å². The van der Waals surface area contributed by atoms with Gasteiger partial charge in [0.2, 0.25) is 0 Å². The molecule has 0 saturated carbocycles. The highest BCUT2D eigenvalue weighted by atomic mass is 32.1. The molecule has 2 aromatic heterocycles. The van der Waals surface area contributed by atoms with Gasteiger partial charge in [-0.15, -0.1) is 11.3 Å². The van der Waals surface area contributed by atoms with Crippen LogP contribution < -0.4 is 4.90 Å². The average molecular weight is 568 g/mol. The van der Waals surface area contributed by atoms with Gasteiger partial charge in [-0.25, -0.2) is 0 Å². The minimum atomic E-state index is 0.893. The summed E-state index contributed by atoms with van der Waals surface area (Å²) >= 11 is 1.86. The molecule has 0 bridgehead atoms. The molecule has 0 radical (unpaired) electrons. The van der Waals surface area contributed by atoms with Crippen LogP contribution in [0.2, 0.25) is 0 Å². The highest BCUT2D eigenvalue weighted by molar-refractivity contribution is 7.26. The number of benzene rings is 7. The van der Waals surface area contributed by atoms with Crippen molar-refractivity contribution in [3.05, 3.63) is 152 Å². The van der Waals surface area contributed by atoms with Crippen LogP contribution in [0.25, 0.3) is 64.0 Å². The second kappa shape index (κ2) is 9.59. The normalized spacial score (nSPS) is 11.7. The van der Waals surface area contributed by atoms with Crippen molar-refractivity contribution in [2.24, 2.45) is 0 Å². The van der Waals surface area contributed by atoms with Gasteiger partial charge in [0.1, 0.15) is 11.2 Å². The van der Waals surface area contributed by atoms with E-state index in [2.05, 4.69) is 157 Å². The summed E-state index contributed by atoms with van der Waals surface area (Å²) in [6.45, 7) is 0. The first-order valence-electron chi connectivity index (χ1n) is 14.5. The average Bonchev–Trinajstić information content (AvgIpc) is 3.63. The Morgan fingerprint density at radius 3 is 1.91 bits per heavy atom. The van der Waals surface area contributed by atoms with Crippen molar-refractivity contribution in [2.75, 3.05) is 4.90 Å². The van der Waals surface area contributed by atoms with Gasteiger partial charge >= 0.3 is 0 Å². The molecule has 0 atom stereocenters. The maximum absolute atomic E-state index is 6.55. The predicted octanol–water partition coefficient (Wildman–Crippen LogP) is 12.2. The molecule has 0 spiro atoms. The van der Waals surface area contributed by atoms with Crippen molar-refractivity contribution in [2.45, 2.75) is 0 Å². The first-order chi connectivity index (χ1) is 21.3. The molecule has 0 aliphatic heterocycles. The van der Waals surface area contributed by atoms with E-state index in [9.17, 15) is 0 Å². The first-order valence-corrected chi connectivity index (χ1v) is 15.3. The van der Waals surface area contributed by atoms with E-state index in [0.717, 1.165) is 33.6 Å². The number of furan rings is 1. The lowest BCUT2D eigenvalue weighted by atomic mass is 10.0. The van der Waals surface area contributed by atoms with Crippen LogP contribution in [-0.4, -0.2) is 0 Å². The van der Waals surface area contributed by atoms with E-state index < -0.39 is 0 Å². The van der Waals surface area contributed by atoms with Crippen molar-refractivity contribution in [3.8, 4) is 11.1 Å². The molecule has 0 amide bonds. The van der Waals surface area contributed by atoms with Gasteiger partial charge in [-0.3, -0.25) is 0 Å². The fraction of sp³-hybridized carbons (Fsp3) is 0. The maximum Gasteiger partial charge on any atom is 0.137 e. The first kappa shape index (κ1) is 24.2. The second-order valence-electron chi connectivity index (χ2n) is 10.9. The molecule has 2 heterocycles. The number of hydrogen-bond acceptors (Lipinski definition) is 3. The predicted molar refractivity (Wildman–Crippen MR) is 184 cm³/mol. The molecule has 0 unspecified atom stereocenters. The number of thiophene rings is 1. The zero-order chi connectivity index (χ0) is 28.3. The largest absolute Gasteiger partial charge is 0.456 e. The SMILES string of the molecule is c1ccc(-c2ccc(N(c3ccccc3)c3cccc4oc5ccc6c7cc8ccccc8cc7sc6c5c34)cc2)cc1. The molecule has 43 heavy (non-hydrogen) atoms. The van der Waals surface area contributed by atoms with E-state index in [1.807, 2.05) is 11.3 Å². The highest BCUT2D eigenvalue weighted by Crippen LogP contribution is 2.48. The van der Waals surface area contributed by atoms with Crippen LogP contribution in [0, 0.1) is 0 Å². The summed E-state index contributed by atoms with van der Waals surface area (Å²) in [5.41, 5.74) is 7.52. The lowest BCUT2D eigenvalue weighted by Crippen LogP contribution is -2.10. The summed E-state index contributed by atoms with van der Waals surface area (Å²) in [5.74, 6) is 0. The molecule has 0 N–H and O–H groups in total. The van der Waals surface area contributed by atoms with Gasteiger partial charge < -0.3 is 9.32 Å². The molecule has 7 aromatic carbocycles. The summed E-state index contributed by atoms with van der Waals surface area (Å²) in [7, 11) is 0. The number of para-hydroxylation sites is 1. The van der Waals surface area contributed by atoms with Crippen molar-refractivity contribution in [1.82, 2.24) is 0 Å². The van der Waals surface area contributed by atoms with Gasteiger partial charge in [-0.2, -0.15) is 0 Å². The van der Waals surface area contributed by atoms with Crippen LogP contribution in [0.15, 0.2) is 156 Å². The molecule has 0 saturated heterocycles. The molecule has 0 aliphatic carbocycles. The van der Waals surface area contributed by atoms with Gasteiger partial charge in [-0.1, -0.05) is 91.0 Å². The standard InChI is InChI=1S/C40H25NOS/c1-3-10-26(11-4-1)27-18-20-31(21-19-27)41(30-14-5-2-6-15-30)34-16-9-17-35-38(34)39-36(42-35)23-22-32-33-24-28-12-7-8-13-29(28)25-37(33)43-40(32)39/h1-25H. The summed E-state index contributed by atoms with van der Waals surface area (Å²) < 4.78 is 9.11. The van der Waals surface area contributed by atoms with E-state index in [1.165, 1.54) is 47.5 Å². The third kappa shape index (κ3) is 3.86. The van der Waals surface area contributed by atoms with Crippen LogP contribution in [0.3, 0.4) is 0 Å². The van der Waals surface area contributed by atoms with Gasteiger partial charge in [0.15, 0.2) is 0 Å². The second-order valence-corrected chi connectivity index (χ2v) is 12.0. The van der Waals surface area contributed by atoms with Crippen LogP contribution >= 0.6 is 11.3 Å². The molecule has 0 aliphatic rings. The zero-order valence-corrected chi connectivity index (χ0v) is 24.0. The van der Waals surface area contributed by atoms with E-state index in [0.29, 0.717) is 0 Å².